The van der Waals surface area contributed by atoms with Crippen LogP contribution in [-0.2, 0) is 33.9 Å². The number of alkyl halides is 1. The van der Waals surface area contributed by atoms with Crippen LogP contribution >= 0.6 is 0 Å². The summed E-state index contributed by atoms with van der Waals surface area (Å²) < 4.78 is 63.9. The quantitative estimate of drug-likeness (QED) is 0.313. The van der Waals surface area contributed by atoms with Crippen molar-refractivity contribution in [3.8, 4) is 11.6 Å². The first kappa shape index (κ1) is 40.7. The topological polar surface area (TPSA) is 192 Å². The normalized spacial score (nSPS) is 32.5. The van der Waals surface area contributed by atoms with Crippen molar-refractivity contribution in [3.63, 3.8) is 0 Å². The Morgan fingerprint density at radius 1 is 1.12 bits per heavy atom. The minimum Gasteiger partial charge on any atom is -0.494 e. The highest BCUT2D eigenvalue weighted by atomic mass is 32.2. The number of alkyl carbamates (subject to hydrolysis) is 1. The van der Waals surface area contributed by atoms with E-state index in [9.17, 15) is 32.0 Å². The highest BCUT2D eigenvalue weighted by molar-refractivity contribution is 7.91. The van der Waals surface area contributed by atoms with Crippen LogP contribution in [0.4, 0.5) is 9.18 Å². The Kier molecular flexibility index (Phi) is 11.2. The van der Waals surface area contributed by atoms with Crippen LogP contribution in [0.1, 0.15) is 72.1 Å². The van der Waals surface area contributed by atoms with Gasteiger partial charge in [-0.2, -0.15) is 0 Å². The summed E-state index contributed by atoms with van der Waals surface area (Å²) in [4.78, 5) is 62.7. The van der Waals surface area contributed by atoms with E-state index in [-0.39, 0.29) is 50.6 Å². The number of aromatic nitrogens is 1. The number of methoxy groups -OCH3 is 1. The molecule has 7 rings (SSSR count). The number of ether oxygens (including phenoxy) is 4. The van der Waals surface area contributed by atoms with Crippen LogP contribution in [0.5, 0.6) is 11.6 Å². The summed E-state index contributed by atoms with van der Waals surface area (Å²) in [6.07, 6.45) is 6.34. The highest BCUT2D eigenvalue weighted by Crippen LogP contribution is 2.48. The van der Waals surface area contributed by atoms with Gasteiger partial charge in [0.1, 0.15) is 46.5 Å². The lowest BCUT2D eigenvalue weighted by Gasteiger charge is -2.33. The molecule has 4 amide bonds. The molecule has 2 saturated heterocycles. The Balaban J connectivity index is 1.22. The van der Waals surface area contributed by atoms with Crippen LogP contribution < -0.4 is 24.8 Å². The zero-order chi connectivity index (χ0) is 40.8. The first-order chi connectivity index (χ1) is 27.1. The third-order valence-corrected chi connectivity index (χ3v) is 14.4. The predicted octanol–water partition coefficient (Wildman–Crippen LogP) is 3.70. The number of hydrogen-bond acceptors (Lipinski definition) is 11. The van der Waals surface area contributed by atoms with Crippen LogP contribution in [0.25, 0.3) is 10.8 Å². The van der Waals surface area contributed by atoms with E-state index in [2.05, 4.69) is 27.3 Å². The number of nitrogens with one attached hydrogen (secondary N) is 3. The van der Waals surface area contributed by atoms with Crippen LogP contribution in [0.3, 0.4) is 0 Å². The molecule has 3 aliphatic heterocycles. The Morgan fingerprint density at radius 3 is 2.56 bits per heavy atom. The van der Waals surface area contributed by atoms with Crippen molar-refractivity contribution in [1.29, 1.82) is 0 Å². The standard InChI is InChI=1S/C40H52FN5O10S/c1-24-9-5-6-10-26-19-40(26,36(49)45-57(51,52)39(22-41)13-14-39)44-33(47)30-18-27(55-34-29-12-8-7-11-28(29)31(53-4)20-42-34)21-46(30)35(48)32(25(2)17-24)43-37(50)56-38(3)15-16-54-23-38/h6-8,10-12,20,24-27,30,32H,5,9,13-19,21-23H2,1-4H3,(H,43,50)(H,44,47)(H,45,49). The molecule has 5 aliphatic rings. The van der Waals surface area contributed by atoms with Crippen LogP contribution in [0, 0.1) is 17.8 Å². The molecule has 2 aliphatic carbocycles. The molecule has 15 nitrogen and oxygen atoms in total. The molecule has 0 bridgehead atoms. The number of hydrogen-bond donors (Lipinski definition) is 3. The molecule has 8 unspecified atom stereocenters. The van der Waals surface area contributed by atoms with Gasteiger partial charge in [0.2, 0.25) is 27.7 Å². The van der Waals surface area contributed by atoms with E-state index in [1.807, 2.05) is 43.3 Å². The van der Waals surface area contributed by atoms with Gasteiger partial charge in [0.05, 0.1) is 33.1 Å². The van der Waals surface area contributed by atoms with Crippen molar-refractivity contribution in [1.82, 2.24) is 25.2 Å². The molecular weight excluding hydrogens is 762 g/mol. The van der Waals surface area contributed by atoms with E-state index in [1.165, 1.54) is 18.2 Å². The summed E-state index contributed by atoms with van der Waals surface area (Å²) in [7, 11) is -2.85. The van der Waals surface area contributed by atoms with Gasteiger partial charge in [-0.25, -0.2) is 22.6 Å². The maximum absolute atomic E-state index is 14.9. The Hall–Kier alpha value is -4.51. The number of halogens is 1. The summed E-state index contributed by atoms with van der Waals surface area (Å²) in [6, 6.07) is 5.05. The number of carbonyl (C=O) groups excluding carboxylic acids is 4. The van der Waals surface area contributed by atoms with Gasteiger partial charge in [0, 0.05) is 29.5 Å². The first-order valence-corrected chi connectivity index (χ1v) is 21.2. The van der Waals surface area contributed by atoms with E-state index in [1.54, 1.807) is 6.92 Å². The summed E-state index contributed by atoms with van der Waals surface area (Å²) >= 11 is 0. The molecule has 17 heteroatoms. The smallest absolute Gasteiger partial charge is 0.408 e. The zero-order valence-electron chi connectivity index (χ0n) is 32.8. The van der Waals surface area contributed by atoms with Crippen molar-refractivity contribution < 1.29 is 50.9 Å². The third kappa shape index (κ3) is 8.14. The molecule has 8 atom stereocenters. The van der Waals surface area contributed by atoms with E-state index in [0.29, 0.717) is 37.0 Å². The molecule has 4 fully saturated rings. The van der Waals surface area contributed by atoms with Gasteiger partial charge in [-0.05, 0) is 63.4 Å². The van der Waals surface area contributed by atoms with Gasteiger partial charge in [-0.3, -0.25) is 19.1 Å². The van der Waals surface area contributed by atoms with Gasteiger partial charge < -0.3 is 34.5 Å². The minimum absolute atomic E-state index is 0.0154. The van der Waals surface area contributed by atoms with Crippen molar-refractivity contribution in [2.24, 2.45) is 17.8 Å². The van der Waals surface area contributed by atoms with Crippen molar-refractivity contribution in [2.45, 2.75) is 106 Å². The summed E-state index contributed by atoms with van der Waals surface area (Å²) in [5.41, 5.74) is -2.53. The molecular formula is C40H52FN5O10S. The largest absolute Gasteiger partial charge is 0.494 e. The third-order valence-electron chi connectivity index (χ3n) is 12.3. The number of nitrogens with zero attached hydrogens (tertiary/aromatic N) is 2. The second-order valence-electron chi connectivity index (χ2n) is 16.8. The fraction of sp³-hybridized carbons (Fsp3) is 0.625. The molecule has 57 heavy (non-hydrogen) atoms. The maximum atomic E-state index is 14.9. The Labute approximate surface area is 331 Å². The summed E-state index contributed by atoms with van der Waals surface area (Å²) in [5, 5.41) is 7.05. The molecule has 2 saturated carbocycles. The second-order valence-corrected chi connectivity index (χ2v) is 18.8. The number of allylic oxidation sites excluding steroid dienone is 1. The van der Waals surface area contributed by atoms with Gasteiger partial charge in [-0.15, -0.1) is 0 Å². The number of rotatable bonds is 9. The van der Waals surface area contributed by atoms with E-state index in [0.717, 1.165) is 11.8 Å². The molecule has 1 aromatic carbocycles. The number of fused-ring (bicyclic) bond motifs is 3. The van der Waals surface area contributed by atoms with E-state index < -0.39 is 86.4 Å². The maximum Gasteiger partial charge on any atom is 0.408 e. The average molecular weight is 814 g/mol. The Morgan fingerprint density at radius 2 is 1.88 bits per heavy atom. The number of carbonyl (C=O) groups is 4. The van der Waals surface area contributed by atoms with Gasteiger partial charge in [0.15, 0.2) is 0 Å². The van der Waals surface area contributed by atoms with Crippen molar-refractivity contribution in [3.05, 3.63) is 42.6 Å². The fourth-order valence-electron chi connectivity index (χ4n) is 8.42. The predicted molar refractivity (Wildman–Crippen MR) is 205 cm³/mol. The molecule has 0 radical (unpaired) electrons. The molecule has 4 heterocycles. The first-order valence-electron chi connectivity index (χ1n) is 19.7. The van der Waals surface area contributed by atoms with Crippen LogP contribution in [0.15, 0.2) is 42.6 Å². The fourth-order valence-corrected chi connectivity index (χ4v) is 9.84. The minimum atomic E-state index is -4.39. The number of pyridine rings is 1. The number of amides is 4. The second kappa shape index (κ2) is 15.7. The zero-order valence-corrected chi connectivity index (χ0v) is 33.6. The number of sulfonamides is 1. The van der Waals surface area contributed by atoms with Gasteiger partial charge in [0.25, 0.3) is 5.91 Å². The molecule has 2 aromatic rings. The average Bonchev–Trinajstić information content (AvgIpc) is 4.03. The monoisotopic (exact) mass is 813 g/mol. The van der Waals surface area contributed by atoms with E-state index >= 15 is 0 Å². The highest BCUT2D eigenvalue weighted by Gasteiger charge is 2.64. The lowest BCUT2D eigenvalue weighted by atomic mass is 9.88. The lowest BCUT2D eigenvalue weighted by Crippen LogP contribution is -2.59. The molecule has 3 N–H and O–H groups in total. The van der Waals surface area contributed by atoms with Crippen LogP contribution in [-0.4, -0.2) is 110 Å². The summed E-state index contributed by atoms with van der Waals surface area (Å²) in [6.45, 7) is 5.13. The van der Waals surface area contributed by atoms with Gasteiger partial charge in [-0.1, -0.05) is 44.2 Å². The lowest BCUT2D eigenvalue weighted by molar-refractivity contribution is -0.142. The van der Waals surface area contributed by atoms with Gasteiger partial charge >= 0.3 is 6.09 Å². The molecule has 310 valence electrons. The number of benzene rings is 1. The van der Waals surface area contributed by atoms with Crippen LogP contribution in [0.2, 0.25) is 0 Å². The SMILES string of the molecule is COc1cnc(OC2CC3C(=O)NC4(C(=O)NS(=O)(=O)C5(CF)CC5)CC4C=CCCC(C)CC(C)C(NC(=O)OC4(C)CCOC4)C(=O)N3C2)c2ccccc12. The van der Waals surface area contributed by atoms with Crippen molar-refractivity contribution >= 4 is 44.6 Å². The summed E-state index contributed by atoms with van der Waals surface area (Å²) in [5.74, 6) is -2.24. The van der Waals surface area contributed by atoms with E-state index in [4.69, 9.17) is 18.9 Å². The molecule has 0 spiro atoms. The molecule has 1 aromatic heterocycles. The Bertz CT molecular complexity index is 2040. The van der Waals surface area contributed by atoms with Crippen molar-refractivity contribution in [2.75, 3.05) is 33.5 Å².